The van der Waals surface area contributed by atoms with Crippen molar-refractivity contribution in [2.45, 2.75) is 74.5 Å². The molecule has 1 aliphatic carbocycles. The van der Waals surface area contributed by atoms with E-state index in [1.54, 1.807) is 0 Å². The minimum absolute atomic E-state index is 0.00321. The van der Waals surface area contributed by atoms with Crippen molar-refractivity contribution >= 4 is 34.1 Å². The summed E-state index contributed by atoms with van der Waals surface area (Å²) in [5.41, 5.74) is 4.08. The predicted molar refractivity (Wildman–Crippen MR) is 164 cm³/mol. The number of anilines is 2. The lowest BCUT2D eigenvalue weighted by Crippen LogP contribution is -2.49. The SMILES string of the molecule is C=C1CN(c2nc(OC[C@@]34CCCN3C[C@H](F)C4)nc3c(C(F)(F)Cl)c(-c4nc(N)cc5c4CCC5(F)F)ncc23)CC(CC)N1. The maximum atomic E-state index is 15.6. The molecular weight excluding hydrogens is 631 g/mol. The summed E-state index contributed by atoms with van der Waals surface area (Å²) >= 11 is 5.80. The lowest BCUT2D eigenvalue weighted by molar-refractivity contribution is -0.00182. The molecule has 15 heteroatoms. The Kier molecular flexibility index (Phi) is 7.46. The molecule has 3 saturated heterocycles. The molecule has 0 amide bonds. The average Bonchev–Trinajstić information content (AvgIpc) is 3.62. The third kappa shape index (κ3) is 5.26. The number of rotatable bonds is 7. The van der Waals surface area contributed by atoms with Crippen LogP contribution >= 0.6 is 11.6 Å². The Morgan fingerprint density at radius 2 is 2.00 bits per heavy atom. The number of ether oxygens (including phenoxy) is 1. The predicted octanol–water partition coefficient (Wildman–Crippen LogP) is 5.65. The number of nitrogen functional groups attached to an aromatic ring is 1. The first-order chi connectivity index (χ1) is 21.8. The van der Waals surface area contributed by atoms with Gasteiger partial charge in [0.1, 0.15) is 30.1 Å². The van der Waals surface area contributed by atoms with Gasteiger partial charge < -0.3 is 20.7 Å². The normalized spacial score (nSPS) is 26.0. The first kappa shape index (κ1) is 31.1. The fraction of sp³-hybridized carbons (Fsp3) is 0.548. The van der Waals surface area contributed by atoms with Gasteiger partial charge in [-0.15, -0.1) is 0 Å². The number of nitrogens with one attached hydrogen (secondary N) is 1. The Morgan fingerprint density at radius 1 is 1.20 bits per heavy atom. The summed E-state index contributed by atoms with van der Waals surface area (Å²) in [6.07, 6.45) is 2.35. The number of hydrogen-bond acceptors (Lipinski definition) is 9. The first-order valence-electron chi connectivity index (χ1n) is 15.4. The molecule has 3 atom stereocenters. The van der Waals surface area contributed by atoms with Gasteiger partial charge in [-0.3, -0.25) is 9.88 Å². The van der Waals surface area contributed by atoms with Crippen molar-refractivity contribution < 1.29 is 26.7 Å². The number of piperazine rings is 1. The molecule has 1 unspecified atom stereocenters. The van der Waals surface area contributed by atoms with Crippen LogP contribution in [0.1, 0.15) is 55.7 Å². The second-order valence-electron chi connectivity index (χ2n) is 12.8. The van der Waals surface area contributed by atoms with E-state index < -0.39 is 40.7 Å². The molecule has 3 fully saturated rings. The van der Waals surface area contributed by atoms with Gasteiger partial charge in [0.25, 0.3) is 5.92 Å². The number of nitrogens with two attached hydrogens (primary N) is 1. The van der Waals surface area contributed by atoms with E-state index in [-0.39, 0.29) is 64.4 Å². The van der Waals surface area contributed by atoms with Gasteiger partial charge in [-0.2, -0.15) is 18.7 Å². The van der Waals surface area contributed by atoms with Crippen LogP contribution in [-0.4, -0.2) is 75.4 Å². The molecule has 46 heavy (non-hydrogen) atoms. The highest BCUT2D eigenvalue weighted by Crippen LogP contribution is 2.49. The molecule has 0 aromatic carbocycles. The highest BCUT2D eigenvalue weighted by molar-refractivity contribution is 6.23. The van der Waals surface area contributed by atoms with Gasteiger partial charge in [0.05, 0.1) is 34.2 Å². The molecule has 6 heterocycles. The molecule has 0 spiro atoms. The minimum atomic E-state index is -4.06. The van der Waals surface area contributed by atoms with Crippen LogP contribution in [-0.2, 0) is 17.7 Å². The summed E-state index contributed by atoms with van der Waals surface area (Å²) in [7, 11) is 0. The van der Waals surface area contributed by atoms with E-state index >= 15 is 8.78 Å². The Bertz CT molecular complexity index is 1720. The van der Waals surface area contributed by atoms with Gasteiger partial charge in [0.2, 0.25) is 0 Å². The lowest BCUT2D eigenvalue weighted by Gasteiger charge is -2.36. The van der Waals surface area contributed by atoms with Crippen LogP contribution in [0.15, 0.2) is 24.5 Å². The lowest BCUT2D eigenvalue weighted by atomic mass is 9.95. The van der Waals surface area contributed by atoms with E-state index in [4.69, 9.17) is 22.1 Å². The Hall–Kier alpha value is -3.52. The topological polar surface area (TPSA) is 105 Å². The summed E-state index contributed by atoms with van der Waals surface area (Å²) in [6, 6.07) is 0.874. The molecule has 4 aliphatic rings. The maximum absolute atomic E-state index is 15.6. The fourth-order valence-electron chi connectivity index (χ4n) is 7.57. The summed E-state index contributed by atoms with van der Waals surface area (Å²) in [6.45, 7) is 7.98. The van der Waals surface area contributed by atoms with Gasteiger partial charge in [-0.1, -0.05) is 13.5 Å². The third-order valence-corrected chi connectivity index (χ3v) is 9.88. The van der Waals surface area contributed by atoms with Crippen LogP contribution in [0, 0.1) is 0 Å². The quantitative estimate of drug-likeness (QED) is 0.245. The van der Waals surface area contributed by atoms with Crippen molar-refractivity contribution in [3.63, 3.8) is 0 Å². The van der Waals surface area contributed by atoms with E-state index in [1.165, 1.54) is 6.20 Å². The van der Waals surface area contributed by atoms with Crippen LogP contribution in [0.25, 0.3) is 22.3 Å². The first-order valence-corrected chi connectivity index (χ1v) is 15.8. The second kappa shape index (κ2) is 11.0. The molecule has 3 aromatic rings. The van der Waals surface area contributed by atoms with Crippen LogP contribution < -0.4 is 20.7 Å². The minimum Gasteiger partial charge on any atom is -0.461 e. The van der Waals surface area contributed by atoms with Gasteiger partial charge in [-0.05, 0) is 55.5 Å². The molecule has 3 N–H and O–H groups in total. The van der Waals surface area contributed by atoms with Crippen molar-refractivity contribution in [3.8, 4) is 17.4 Å². The molecule has 246 valence electrons. The van der Waals surface area contributed by atoms with Crippen LogP contribution in [0.2, 0.25) is 0 Å². The molecule has 3 aromatic heterocycles. The van der Waals surface area contributed by atoms with Crippen LogP contribution in [0.5, 0.6) is 6.01 Å². The van der Waals surface area contributed by atoms with Gasteiger partial charge in [-0.25, -0.2) is 18.2 Å². The fourth-order valence-corrected chi connectivity index (χ4v) is 7.75. The number of alkyl halides is 6. The largest absolute Gasteiger partial charge is 0.461 e. The van der Waals surface area contributed by atoms with Crippen molar-refractivity contribution in [2.24, 2.45) is 0 Å². The Morgan fingerprint density at radius 3 is 2.76 bits per heavy atom. The van der Waals surface area contributed by atoms with E-state index in [0.29, 0.717) is 31.8 Å². The smallest absolute Gasteiger partial charge is 0.352 e. The molecule has 7 rings (SSSR count). The molecule has 0 bridgehead atoms. The average molecular weight is 665 g/mol. The van der Waals surface area contributed by atoms with Crippen molar-refractivity contribution in [3.05, 3.63) is 41.2 Å². The zero-order chi connectivity index (χ0) is 32.6. The molecule has 0 radical (unpaired) electrons. The van der Waals surface area contributed by atoms with Gasteiger partial charge >= 0.3 is 11.4 Å². The number of nitrogens with zero attached hydrogens (tertiary/aromatic N) is 6. The van der Waals surface area contributed by atoms with E-state index in [2.05, 4.69) is 36.7 Å². The molecule has 3 aliphatic heterocycles. The van der Waals surface area contributed by atoms with E-state index in [9.17, 15) is 13.2 Å². The molecule has 9 nitrogen and oxygen atoms in total. The van der Waals surface area contributed by atoms with Crippen LogP contribution in [0.3, 0.4) is 0 Å². The number of aromatic nitrogens is 4. The zero-order valence-electron chi connectivity index (χ0n) is 25.2. The monoisotopic (exact) mass is 664 g/mol. The highest BCUT2D eigenvalue weighted by Gasteiger charge is 2.50. The Labute approximate surface area is 267 Å². The summed E-state index contributed by atoms with van der Waals surface area (Å²) in [5, 5.41) is -0.567. The summed E-state index contributed by atoms with van der Waals surface area (Å²) in [5.74, 6) is -3.19. The van der Waals surface area contributed by atoms with Gasteiger partial charge in [0, 0.05) is 49.4 Å². The number of pyridine rings is 2. The van der Waals surface area contributed by atoms with Crippen LogP contribution in [0.4, 0.5) is 33.6 Å². The third-order valence-electron chi connectivity index (χ3n) is 9.69. The second-order valence-corrected chi connectivity index (χ2v) is 13.3. The van der Waals surface area contributed by atoms with Crippen molar-refractivity contribution in [1.29, 1.82) is 0 Å². The maximum Gasteiger partial charge on any atom is 0.352 e. The number of fused-ring (bicyclic) bond motifs is 3. The van der Waals surface area contributed by atoms with Gasteiger partial charge in [0.15, 0.2) is 0 Å². The van der Waals surface area contributed by atoms with E-state index in [0.717, 1.165) is 31.9 Å². The highest BCUT2D eigenvalue weighted by atomic mass is 35.5. The number of halogens is 6. The summed E-state index contributed by atoms with van der Waals surface area (Å²) in [4.78, 5) is 21.6. The molecular formula is C31H34ClF5N8O. The van der Waals surface area contributed by atoms with Crippen molar-refractivity contribution in [2.75, 3.05) is 43.4 Å². The number of hydrogen-bond donors (Lipinski definition) is 2. The molecule has 0 saturated carbocycles. The standard InChI is InChI=1S/C31H34ClF5N8O/c1-3-18-14-44(12-16(2)40-18)27-20-11-39-26(25-19-5-7-30(34,35)21(19)9-22(38)41-25)23(31(32,36)37)24(20)42-28(43-27)46-15-29-6-4-8-45(29)13-17(33)10-29/h9,11,17-18,40H,2-8,10,12-15H2,1H3,(H2,38,41)/t17-,18?,29+/m1/s1. The van der Waals surface area contributed by atoms with E-state index in [1.807, 2.05) is 11.8 Å². The summed E-state index contributed by atoms with van der Waals surface area (Å²) < 4.78 is 81.4. The van der Waals surface area contributed by atoms with Crippen molar-refractivity contribution in [1.82, 2.24) is 30.2 Å². The zero-order valence-corrected chi connectivity index (χ0v) is 26.0. The Balaban J connectivity index is 1.42.